The summed E-state index contributed by atoms with van der Waals surface area (Å²) in [7, 11) is -9.66. The standard InChI is InChI=1S/C3H3F3O5S2/c4-3(5,6)2-1-12(7,8)11-13(2,9)10/h2H,1H2. The molecule has 0 N–H and O–H groups in total. The van der Waals surface area contributed by atoms with Crippen LogP contribution in [0.1, 0.15) is 0 Å². The van der Waals surface area contributed by atoms with E-state index in [0.29, 0.717) is 0 Å². The minimum Gasteiger partial charge on any atom is -0.198 e. The second-order valence-electron chi connectivity index (χ2n) is 2.32. The molecule has 0 spiro atoms. The lowest BCUT2D eigenvalue weighted by Gasteiger charge is -2.09. The van der Waals surface area contributed by atoms with Gasteiger partial charge in [-0.05, 0) is 0 Å². The summed E-state index contributed by atoms with van der Waals surface area (Å²) in [4.78, 5) is 0. The molecule has 0 aliphatic carbocycles. The van der Waals surface area contributed by atoms with E-state index in [9.17, 15) is 30.0 Å². The molecular weight excluding hydrogens is 237 g/mol. The highest BCUT2D eigenvalue weighted by atomic mass is 32.3. The molecule has 78 valence electrons. The van der Waals surface area contributed by atoms with Gasteiger partial charge in [-0.15, -0.1) is 3.63 Å². The minimum atomic E-state index is -5.12. The van der Waals surface area contributed by atoms with Crippen LogP contribution < -0.4 is 0 Å². The van der Waals surface area contributed by atoms with Crippen LogP contribution in [0, 0.1) is 0 Å². The zero-order valence-electron chi connectivity index (χ0n) is 5.78. The van der Waals surface area contributed by atoms with Crippen molar-refractivity contribution >= 4 is 20.2 Å². The molecule has 1 saturated heterocycles. The average molecular weight is 240 g/mol. The highest BCUT2D eigenvalue weighted by Crippen LogP contribution is 2.33. The van der Waals surface area contributed by atoms with Crippen molar-refractivity contribution in [1.82, 2.24) is 0 Å². The van der Waals surface area contributed by atoms with Crippen LogP contribution in [-0.4, -0.2) is 34.0 Å². The fourth-order valence-electron chi connectivity index (χ4n) is 0.747. The van der Waals surface area contributed by atoms with E-state index in [1.807, 2.05) is 0 Å². The van der Waals surface area contributed by atoms with Gasteiger partial charge in [0.1, 0.15) is 5.75 Å². The molecular formula is C3H3F3O5S2. The fraction of sp³-hybridized carbons (Fsp3) is 1.00. The Bertz CT molecular complexity index is 403. The summed E-state index contributed by atoms with van der Waals surface area (Å²) in [6, 6.07) is 0. The van der Waals surface area contributed by atoms with E-state index in [-0.39, 0.29) is 0 Å². The first-order valence-corrected chi connectivity index (χ1v) is 5.84. The molecule has 0 aromatic heterocycles. The molecule has 1 rings (SSSR count). The maximum Gasteiger partial charge on any atom is 0.408 e. The van der Waals surface area contributed by atoms with Crippen molar-refractivity contribution in [3.63, 3.8) is 0 Å². The largest absolute Gasteiger partial charge is 0.408 e. The van der Waals surface area contributed by atoms with Crippen molar-refractivity contribution < 1.29 is 33.6 Å². The van der Waals surface area contributed by atoms with Crippen LogP contribution in [-0.2, 0) is 23.9 Å². The Balaban J connectivity index is 3.18. The summed E-state index contributed by atoms with van der Waals surface area (Å²) < 4.78 is 80.7. The van der Waals surface area contributed by atoms with E-state index < -0.39 is 37.4 Å². The van der Waals surface area contributed by atoms with Gasteiger partial charge in [-0.1, -0.05) is 0 Å². The molecule has 0 amide bonds. The van der Waals surface area contributed by atoms with Gasteiger partial charge in [0.2, 0.25) is 0 Å². The lowest BCUT2D eigenvalue weighted by Crippen LogP contribution is -2.35. The molecule has 1 aliphatic heterocycles. The van der Waals surface area contributed by atoms with Crippen LogP contribution in [0.5, 0.6) is 0 Å². The van der Waals surface area contributed by atoms with Gasteiger partial charge in [0.15, 0.2) is 5.25 Å². The van der Waals surface area contributed by atoms with Crippen LogP contribution in [0.2, 0.25) is 0 Å². The fourth-order valence-corrected chi connectivity index (χ4v) is 4.56. The van der Waals surface area contributed by atoms with Gasteiger partial charge < -0.3 is 0 Å². The molecule has 1 fully saturated rings. The first-order chi connectivity index (χ1) is 5.55. The summed E-state index contributed by atoms with van der Waals surface area (Å²) in [5.74, 6) is -1.57. The van der Waals surface area contributed by atoms with Gasteiger partial charge in [-0.3, -0.25) is 0 Å². The second-order valence-corrected chi connectivity index (χ2v) is 5.86. The smallest absolute Gasteiger partial charge is 0.198 e. The van der Waals surface area contributed by atoms with Gasteiger partial charge in [0.05, 0.1) is 0 Å². The third kappa shape index (κ3) is 2.11. The summed E-state index contributed by atoms with van der Waals surface area (Å²) in [6.07, 6.45) is -5.12. The molecule has 0 aromatic rings. The zero-order valence-corrected chi connectivity index (χ0v) is 7.41. The van der Waals surface area contributed by atoms with Crippen LogP contribution in [0.25, 0.3) is 0 Å². The first-order valence-electron chi connectivity index (χ1n) is 2.79. The molecule has 0 saturated carbocycles. The maximum absolute atomic E-state index is 11.9. The van der Waals surface area contributed by atoms with Crippen LogP contribution in [0.4, 0.5) is 13.2 Å². The maximum atomic E-state index is 11.9. The van der Waals surface area contributed by atoms with E-state index in [4.69, 9.17) is 0 Å². The zero-order chi connectivity index (χ0) is 10.5. The van der Waals surface area contributed by atoms with Crippen LogP contribution >= 0.6 is 0 Å². The quantitative estimate of drug-likeness (QED) is 0.576. The monoisotopic (exact) mass is 240 g/mol. The first kappa shape index (κ1) is 10.7. The molecule has 0 aromatic carbocycles. The van der Waals surface area contributed by atoms with Crippen molar-refractivity contribution in [3.05, 3.63) is 0 Å². The summed E-state index contributed by atoms with van der Waals surface area (Å²) >= 11 is 0. The van der Waals surface area contributed by atoms with Gasteiger partial charge in [-0.25, -0.2) is 0 Å². The molecule has 13 heavy (non-hydrogen) atoms. The Morgan fingerprint density at radius 1 is 1.15 bits per heavy atom. The van der Waals surface area contributed by atoms with Crippen LogP contribution in [0.3, 0.4) is 0 Å². The predicted octanol–water partition coefficient (Wildman–Crippen LogP) is -0.393. The number of hydrogen-bond acceptors (Lipinski definition) is 5. The van der Waals surface area contributed by atoms with E-state index in [1.165, 1.54) is 0 Å². The highest BCUT2D eigenvalue weighted by Gasteiger charge is 2.58. The van der Waals surface area contributed by atoms with Crippen molar-refractivity contribution in [1.29, 1.82) is 0 Å². The Morgan fingerprint density at radius 2 is 1.62 bits per heavy atom. The van der Waals surface area contributed by atoms with Gasteiger partial charge >= 0.3 is 6.18 Å². The molecule has 1 atom stereocenters. The van der Waals surface area contributed by atoms with E-state index in [2.05, 4.69) is 3.63 Å². The van der Waals surface area contributed by atoms with E-state index in [1.54, 1.807) is 0 Å². The number of rotatable bonds is 0. The average Bonchev–Trinajstić information content (AvgIpc) is 1.97. The second kappa shape index (κ2) is 2.58. The predicted molar refractivity (Wildman–Crippen MR) is 33.6 cm³/mol. The summed E-state index contributed by atoms with van der Waals surface area (Å²) in [5.41, 5.74) is 0. The summed E-state index contributed by atoms with van der Waals surface area (Å²) in [5, 5.41) is -2.97. The number of halogens is 3. The lowest BCUT2D eigenvalue weighted by atomic mass is 10.5. The Hall–Kier alpha value is -0.350. The van der Waals surface area contributed by atoms with Crippen molar-refractivity contribution in [2.24, 2.45) is 0 Å². The Labute approximate surface area is 71.7 Å². The van der Waals surface area contributed by atoms with Crippen molar-refractivity contribution in [2.45, 2.75) is 11.4 Å². The normalized spacial score (nSPS) is 31.8. The van der Waals surface area contributed by atoms with Crippen LogP contribution in [0.15, 0.2) is 0 Å². The summed E-state index contributed by atoms with van der Waals surface area (Å²) in [6.45, 7) is 0. The van der Waals surface area contributed by atoms with Gasteiger partial charge in [0, 0.05) is 0 Å². The highest BCUT2D eigenvalue weighted by molar-refractivity contribution is 8.03. The lowest BCUT2D eigenvalue weighted by molar-refractivity contribution is -0.126. The molecule has 0 bridgehead atoms. The SMILES string of the molecule is O=S1(=O)CC(C(F)(F)F)S(=O)(=O)O1. The van der Waals surface area contributed by atoms with E-state index >= 15 is 0 Å². The molecule has 1 aliphatic rings. The van der Waals surface area contributed by atoms with E-state index in [0.717, 1.165) is 0 Å². The van der Waals surface area contributed by atoms with Crippen molar-refractivity contribution in [3.8, 4) is 0 Å². The topological polar surface area (TPSA) is 77.5 Å². The Morgan fingerprint density at radius 3 is 1.77 bits per heavy atom. The number of alkyl halides is 3. The minimum absolute atomic E-state index is 1.57. The Kier molecular flexibility index (Phi) is 2.13. The van der Waals surface area contributed by atoms with Crippen molar-refractivity contribution in [2.75, 3.05) is 5.75 Å². The molecule has 10 heteroatoms. The third-order valence-corrected chi connectivity index (χ3v) is 4.94. The third-order valence-electron chi connectivity index (χ3n) is 1.27. The molecule has 0 radical (unpaired) electrons. The molecule has 1 heterocycles. The van der Waals surface area contributed by atoms with Gasteiger partial charge in [-0.2, -0.15) is 30.0 Å². The number of hydrogen-bond donors (Lipinski definition) is 0. The van der Waals surface area contributed by atoms with Gasteiger partial charge in [0.25, 0.3) is 20.2 Å². The molecule has 5 nitrogen and oxygen atoms in total. The molecule has 1 unspecified atom stereocenters.